The number of rotatable bonds is 9. The Balaban J connectivity index is 1.22. The fourth-order valence-electron chi connectivity index (χ4n) is 7.69. The molecule has 0 radical (unpaired) electrons. The molecule has 2 bridgehead atoms. The molecular weight excluding hydrogens is 587 g/mol. The molecule has 10 nitrogen and oxygen atoms in total. The number of halogens is 2. The van der Waals surface area contributed by atoms with Crippen molar-refractivity contribution in [2.24, 2.45) is 22.5 Å². The number of nitrogens with zero attached hydrogens (tertiary/aromatic N) is 5. The summed E-state index contributed by atoms with van der Waals surface area (Å²) in [5, 5.41) is 15.3. The summed E-state index contributed by atoms with van der Waals surface area (Å²) in [6, 6.07) is 6.49. The molecule has 9 rings (SSSR count). The van der Waals surface area contributed by atoms with Gasteiger partial charge >= 0.3 is 0 Å². The van der Waals surface area contributed by atoms with Gasteiger partial charge in [0.25, 0.3) is 11.8 Å². The van der Waals surface area contributed by atoms with Gasteiger partial charge in [-0.15, -0.1) is 0 Å². The van der Waals surface area contributed by atoms with Gasteiger partial charge in [-0.2, -0.15) is 5.10 Å². The average molecular weight is 617 g/mol. The molecule has 3 aromatic heterocycles. The van der Waals surface area contributed by atoms with Crippen molar-refractivity contribution in [1.29, 1.82) is 0 Å². The van der Waals surface area contributed by atoms with Crippen molar-refractivity contribution < 1.29 is 23.8 Å². The number of primary amides is 1. The number of carbonyl (C=O) groups excluding carboxylic acids is 2. The largest absolute Gasteiger partial charge is 0.482 e. The lowest BCUT2D eigenvalue weighted by Crippen LogP contribution is -2.64. The van der Waals surface area contributed by atoms with Crippen LogP contribution in [-0.2, 0) is 24.3 Å². The van der Waals surface area contributed by atoms with Crippen molar-refractivity contribution in [2.75, 3.05) is 18.1 Å². The third-order valence-corrected chi connectivity index (χ3v) is 9.95. The molecule has 4 saturated carbocycles. The van der Waals surface area contributed by atoms with Gasteiger partial charge in [-0.25, -0.2) is 14.1 Å². The van der Waals surface area contributed by atoms with E-state index in [4.69, 9.17) is 32.2 Å². The summed E-state index contributed by atoms with van der Waals surface area (Å²) in [7, 11) is 0. The molecule has 44 heavy (non-hydrogen) atoms. The molecule has 5 aliphatic rings. The highest BCUT2D eigenvalue weighted by atomic mass is 35.5. The minimum atomic E-state index is -0.606. The Kier molecular flexibility index (Phi) is 6.06. The van der Waals surface area contributed by atoms with Crippen LogP contribution in [-0.4, -0.2) is 49.9 Å². The van der Waals surface area contributed by atoms with Crippen LogP contribution in [0.5, 0.6) is 5.75 Å². The molecule has 1 aromatic carbocycles. The summed E-state index contributed by atoms with van der Waals surface area (Å²) in [5.41, 5.74) is 9.81. The summed E-state index contributed by atoms with van der Waals surface area (Å²) >= 11 is 5.87. The van der Waals surface area contributed by atoms with Crippen LogP contribution in [0.1, 0.15) is 53.8 Å². The summed E-state index contributed by atoms with van der Waals surface area (Å²) in [6.45, 7) is 0.589. The number of carbonyl (C=O) groups is 2. The first-order valence-corrected chi connectivity index (χ1v) is 15.2. The Morgan fingerprint density at radius 1 is 1.16 bits per heavy atom. The highest BCUT2D eigenvalue weighted by Gasteiger charge is 2.67. The van der Waals surface area contributed by atoms with Crippen LogP contribution >= 0.6 is 11.6 Å². The maximum Gasteiger partial charge on any atom is 0.265 e. The fourth-order valence-corrected chi connectivity index (χ4v) is 7.83. The molecular formula is C32H30ClFN6O4. The molecule has 0 unspecified atom stereocenters. The second-order valence-electron chi connectivity index (χ2n) is 13.1. The van der Waals surface area contributed by atoms with Crippen LogP contribution in [0.25, 0.3) is 22.2 Å². The summed E-state index contributed by atoms with van der Waals surface area (Å²) in [6.07, 6.45) is 8.82. The fraction of sp³-hybridized carbons (Fsp3) is 0.406. The quantitative estimate of drug-likeness (QED) is 0.284. The Morgan fingerprint density at radius 3 is 2.66 bits per heavy atom. The molecule has 4 fully saturated rings. The van der Waals surface area contributed by atoms with Crippen molar-refractivity contribution in [2.45, 2.75) is 51.6 Å². The van der Waals surface area contributed by atoms with E-state index >= 15 is 0 Å². The predicted molar refractivity (Wildman–Crippen MR) is 160 cm³/mol. The zero-order chi connectivity index (χ0) is 30.4. The zero-order valence-electron chi connectivity index (χ0n) is 23.9. The molecule has 2 amide bonds. The molecule has 0 spiro atoms. The maximum absolute atomic E-state index is 14.6. The minimum Gasteiger partial charge on any atom is -0.482 e. The van der Waals surface area contributed by atoms with Gasteiger partial charge in [-0.05, 0) is 79.0 Å². The smallest absolute Gasteiger partial charge is 0.265 e. The van der Waals surface area contributed by atoms with Gasteiger partial charge in [0.05, 0.1) is 40.4 Å². The lowest BCUT2D eigenvalue weighted by Gasteiger charge is -2.70. The number of fused-ring (bicyclic) bond motifs is 2. The van der Waals surface area contributed by atoms with Crippen LogP contribution < -0.4 is 15.4 Å². The van der Waals surface area contributed by atoms with Gasteiger partial charge in [-0.1, -0.05) is 17.7 Å². The van der Waals surface area contributed by atoms with Gasteiger partial charge in [-0.3, -0.25) is 19.5 Å². The molecule has 4 heterocycles. The topological polar surface area (TPSA) is 136 Å². The first-order valence-electron chi connectivity index (χ1n) is 14.8. The van der Waals surface area contributed by atoms with Gasteiger partial charge in [0, 0.05) is 30.3 Å². The molecule has 0 saturated heterocycles. The van der Waals surface area contributed by atoms with Gasteiger partial charge in [0.1, 0.15) is 11.6 Å². The van der Waals surface area contributed by atoms with Crippen molar-refractivity contribution in [3.05, 3.63) is 64.5 Å². The molecule has 226 valence electrons. The van der Waals surface area contributed by atoms with E-state index in [0.717, 1.165) is 38.2 Å². The number of ether oxygens (including phenoxy) is 1. The molecule has 0 atom stereocenters. The number of nitrogens with two attached hydrogens (primary N) is 1. The number of benzene rings is 1. The second kappa shape index (κ2) is 9.70. The van der Waals surface area contributed by atoms with E-state index in [-0.39, 0.29) is 47.2 Å². The number of aliphatic hydroxyl groups is 1. The van der Waals surface area contributed by atoms with E-state index in [1.54, 1.807) is 18.3 Å². The van der Waals surface area contributed by atoms with E-state index < -0.39 is 11.7 Å². The molecule has 4 aromatic rings. The Bertz CT molecular complexity index is 1870. The lowest BCUT2D eigenvalue weighted by atomic mass is 9.35. The average Bonchev–Trinajstić information content (AvgIpc) is 3.69. The van der Waals surface area contributed by atoms with Crippen molar-refractivity contribution in [3.63, 3.8) is 0 Å². The maximum atomic E-state index is 14.6. The van der Waals surface area contributed by atoms with Gasteiger partial charge < -0.3 is 15.6 Å². The Hall–Kier alpha value is -4.09. The third kappa shape index (κ3) is 4.35. The number of aliphatic hydroxyl groups excluding tert-OH is 1. The highest BCUT2D eigenvalue weighted by Crippen LogP contribution is 2.73. The van der Waals surface area contributed by atoms with E-state index in [1.807, 2.05) is 10.7 Å². The van der Waals surface area contributed by atoms with Crippen LogP contribution in [0.15, 0.2) is 36.7 Å². The van der Waals surface area contributed by atoms with Crippen molar-refractivity contribution in [1.82, 2.24) is 19.7 Å². The number of hydrogen-bond acceptors (Lipinski definition) is 7. The van der Waals surface area contributed by atoms with E-state index in [1.165, 1.54) is 11.1 Å². The lowest BCUT2D eigenvalue weighted by molar-refractivity contribution is -0.230. The minimum absolute atomic E-state index is 0.0750. The summed E-state index contributed by atoms with van der Waals surface area (Å²) < 4.78 is 22.4. The van der Waals surface area contributed by atoms with Crippen molar-refractivity contribution >= 4 is 40.1 Å². The number of amides is 2. The summed E-state index contributed by atoms with van der Waals surface area (Å²) in [4.78, 5) is 36.5. The predicted octanol–water partition coefficient (Wildman–Crippen LogP) is 4.43. The van der Waals surface area contributed by atoms with Crippen LogP contribution in [0.4, 0.5) is 10.1 Å². The molecule has 12 heteroatoms. The van der Waals surface area contributed by atoms with E-state index in [9.17, 15) is 19.1 Å². The SMILES string of the molecule is NC(=O)c1c(CC2CC2)nc2c(cnn2CC23CC(CO)(C2)C3)c1-c1ccc2c(c1)OCC(=O)N2Cc1ncc(Cl)cc1F. The zero-order valence-corrected chi connectivity index (χ0v) is 24.6. The first kappa shape index (κ1) is 27.5. The number of hydrogen-bond donors (Lipinski definition) is 2. The highest BCUT2D eigenvalue weighted by molar-refractivity contribution is 6.30. The first-order chi connectivity index (χ1) is 21.2. The third-order valence-electron chi connectivity index (χ3n) is 9.74. The van der Waals surface area contributed by atoms with Crippen LogP contribution in [0, 0.1) is 22.6 Å². The van der Waals surface area contributed by atoms with E-state index in [0.29, 0.717) is 63.7 Å². The van der Waals surface area contributed by atoms with E-state index in [2.05, 4.69) is 4.98 Å². The second-order valence-corrected chi connectivity index (χ2v) is 13.5. The van der Waals surface area contributed by atoms with Crippen LogP contribution in [0.2, 0.25) is 5.02 Å². The summed E-state index contributed by atoms with van der Waals surface area (Å²) in [5.74, 6) is -0.642. The molecule has 4 aliphatic carbocycles. The molecule has 1 aliphatic heterocycles. The monoisotopic (exact) mass is 616 g/mol. The van der Waals surface area contributed by atoms with Gasteiger partial charge in [0.2, 0.25) is 0 Å². The van der Waals surface area contributed by atoms with Crippen LogP contribution in [0.3, 0.4) is 0 Å². The molecule has 3 N–H and O–H groups in total. The normalized spacial score (nSPS) is 23.6. The van der Waals surface area contributed by atoms with Crippen molar-refractivity contribution in [3.8, 4) is 16.9 Å². The Morgan fingerprint density at radius 2 is 1.95 bits per heavy atom. The Labute approximate surface area is 257 Å². The number of pyridine rings is 2. The van der Waals surface area contributed by atoms with Gasteiger partial charge in [0.15, 0.2) is 12.3 Å². The standard InChI is InChI=1S/C32H30ClFN6O4/c33-19-7-21(34)23(36-8-19)10-39-24-4-3-18(6-25(24)44-11-26(39)42)27-20-9-37-40(15-31-12-32(13-31,14-31)16-41)30(20)38-22(5-17-1-2-17)28(27)29(35)43/h3-4,6-9,17,41H,1-2,5,10-16H2,(H2,35,43). The number of anilines is 1. The number of aromatic nitrogens is 4.